The molecule has 0 N–H and O–H groups in total. The van der Waals surface area contributed by atoms with Crippen LogP contribution in [0.5, 0.6) is 0 Å². The average Bonchev–Trinajstić information content (AvgIpc) is 2.95. The van der Waals surface area contributed by atoms with Crippen molar-refractivity contribution in [2.24, 2.45) is 0 Å². The van der Waals surface area contributed by atoms with Gasteiger partial charge in [0.1, 0.15) is 0 Å². The number of likely N-dealkylation sites (N-methyl/N-ethyl adjacent to an activating group) is 1. The van der Waals surface area contributed by atoms with E-state index in [2.05, 4.69) is 4.90 Å². The molecule has 1 aliphatic rings. The molecule has 0 radical (unpaired) electrons. The second-order valence-corrected chi connectivity index (χ2v) is 12.3. The number of hydrogen-bond acceptors (Lipinski definition) is 5. The van der Waals surface area contributed by atoms with Gasteiger partial charge in [-0.15, -0.1) is 0 Å². The zero-order valence-corrected chi connectivity index (χ0v) is 23.5. The number of piperidine rings is 1. The van der Waals surface area contributed by atoms with Gasteiger partial charge in [0.05, 0.1) is 17.6 Å². The molecule has 202 valence electrons. The van der Waals surface area contributed by atoms with Crippen molar-refractivity contribution in [2.45, 2.75) is 36.0 Å². The van der Waals surface area contributed by atoms with Crippen molar-refractivity contribution in [3.63, 3.8) is 0 Å². The Labute approximate surface area is 231 Å². The number of benzene rings is 3. The molecule has 1 aliphatic heterocycles. The van der Waals surface area contributed by atoms with Crippen molar-refractivity contribution in [1.82, 2.24) is 9.21 Å². The molecule has 0 unspecified atom stereocenters. The molecule has 0 aromatic heterocycles. The van der Waals surface area contributed by atoms with E-state index in [1.165, 1.54) is 11.4 Å². The summed E-state index contributed by atoms with van der Waals surface area (Å²) in [6, 6.07) is 24.0. The van der Waals surface area contributed by atoms with Gasteiger partial charge in [-0.05, 0) is 92.2 Å². The first-order valence-electron chi connectivity index (χ1n) is 13.0. The molecule has 1 atom stereocenters. The summed E-state index contributed by atoms with van der Waals surface area (Å²) in [4.78, 5) is 15.0. The van der Waals surface area contributed by atoms with Gasteiger partial charge < -0.3 is 9.64 Å². The van der Waals surface area contributed by atoms with Crippen LogP contribution in [0.3, 0.4) is 0 Å². The molecule has 0 bridgehead atoms. The summed E-state index contributed by atoms with van der Waals surface area (Å²) < 4.78 is 32.8. The quantitative estimate of drug-likeness (QED) is 0.296. The predicted molar refractivity (Wildman–Crippen MR) is 151 cm³/mol. The van der Waals surface area contributed by atoms with Crippen LogP contribution in [0.25, 0.3) is 0 Å². The van der Waals surface area contributed by atoms with Crippen LogP contribution in [0.15, 0.2) is 83.8 Å². The number of nitrogens with zero attached hydrogens (tertiary/aromatic N) is 2. The highest BCUT2D eigenvalue weighted by Crippen LogP contribution is 2.32. The SMILES string of the molecule is COC(=O)c1ccccc1C1CCN(CC[C@H](CN(C)S(=O)(=O)c2ccccc2)c2cccc(Cl)c2)CC1. The van der Waals surface area contributed by atoms with Crippen LogP contribution in [0.1, 0.15) is 52.6 Å². The minimum atomic E-state index is -3.60. The number of halogens is 1. The van der Waals surface area contributed by atoms with E-state index in [0.29, 0.717) is 27.9 Å². The third-order valence-electron chi connectivity index (χ3n) is 7.44. The molecular weight excluding hydrogens is 520 g/mol. The van der Waals surface area contributed by atoms with Crippen molar-refractivity contribution >= 4 is 27.6 Å². The molecule has 0 amide bonds. The molecule has 3 aromatic rings. The fourth-order valence-corrected chi connectivity index (χ4v) is 6.70. The van der Waals surface area contributed by atoms with Crippen LogP contribution in [0, 0.1) is 0 Å². The molecule has 0 saturated carbocycles. The molecule has 8 heteroatoms. The second kappa shape index (κ2) is 12.9. The maximum Gasteiger partial charge on any atom is 0.338 e. The van der Waals surface area contributed by atoms with Crippen molar-refractivity contribution in [1.29, 1.82) is 0 Å². The molecule has 38 heavy (non-hydrogen) atoms. The normalized spacial score (nSPS) is 15.9. The van der Waals surface area contributed by atoms with Crippen molar-refractivity contribution in [3.05, 3.63) is 101 Å². The minimum absolute atomic E-state index is 0.00467. The number of hydrogen-bond donors (Lipinski definition) is 0. The Balaban J connectivity index is 1.42. The van der Waals surface area contributed by atoms with E-state index in [1.54, 1.807) is 31.3 Å². The van der Waals surface area contributed by atoms with Gasteiger partial charge in [-0.2, -0.15) is 0 Å². The lowest BCUT2D eigenvalue weighted by Gasteiger charge is -2.34. The molecule has 4 rings (SSSR count). The summed E-state index contributed by atoms with van der Waals surface area (Å²) in [7, 11) is -0.537. The number of sulfonamides is 1. The van der Waals surface area contributed by atoms with Gasteiger partial charge >= 0.3 is 5.97 Å². The van der Waals surface area contributed by atoms with Gasteiger partial charge in [0.2, 0.25) is 10.0 Å². The molecule has 1 fully saturated rings. The fraction of sp³-hybridized carbons (Fsp3) is 0.367. The number of likely N-dealkylation sites (tertiary alicyclic amines) is 1. The largest absolute Gasteiger partial charge is 0.465 e. The van der Waals surface area contributed by atoms with E-state index in [0.717, 1.165) is 50.0 Å². The lowest BCUT2D eigenvalue weighted by atomic mass is 9.86. The number of esters is 1. The summed E-state index contributed by atoms with van der Waals surface area (Å²) in [5.41, 5.74) is 2.75. The minimum Gasteiger partial charge on any atom is -0.465 e. The Morgan fingerprint density at radius 2 is 1.71 bits per heavy atom. The van der Waals surface area contributed by atoms with Crippen LogP contribution in [0.2, 0.25) is 5.02 Å². The highest BCUT2D eigenvalue weighted by Gasteiger charge is 2.27. The first-order valence-corrected chi connectivity index (χ1v) is 14.8. The first kappa shape index (κ1) is 28.3. The molecule has 1 saturated heterocycles. The van der Waals surface area contributed by atoms with Gasteiger partial charge in [0.15, 0.2) is 0 Å². The number of carbonyl (C=O) groups is 1. The highest BCUT2D eigenvalue weighted by atomic mass is 35.5. The second-order valence-electron chi connectivity index (χ2n) is 9.83. The van der Waals surface area contributed by atoms with Crippen LogP contribution < -0.4 is 0 Å². The Bertz CT molecular complexity index is 1320. The van der Waals surface area contributed by atoms with Crippen LogP contribution in [0.4, 0.5) is 0 Å². The number of ether oxygens (including phenoxy) is 1. The van der Waals surface area contributed by atoms with Gasteiger partial charge in [-0.1, -0.05) is 60.1 Å². The Hall–Kier alpha value is -2.71. The number of methoxy groups -OCH3 is 1. The maximum atomic E-state index is 13.2. The zero-order valence-electron chi connectivity index (χ0n) is 21.9. The standard InChI is InChI=1S/C30H35ClN2O4S/c1-32(38(35,36)27-11-4-3-5-12-27)22-25(24-9-8-10-26(31)21-24)17-20-33-18-15-23(16-19-33)28-13-6-7-14-29(28)30(34)37-2/h3-14,21,23,25H,15-20,22H2,1-2H3/t25-/m1/s1. The summed E-state index contributed by atoms with van der Waals surface area (Å²) >= 11 is 6.30. The summed E-state index contributed by atoms with van der Waals surface area (Å²) in [6.07, 6.45) is 2.72. The lowest BCUT2D eigenvalue weighted by molar-refractivity contribution is 0.0598. The molecule has 3 aromatic carbocycles. The summed E-state index contributed by atoms with van der Waals surface area (Å²) in [6.45, 7) is 3.05. The Kier molecular flexibility index (Phi) is 9.60. The van der Waals surface area contributed by atoms with Crippen LogP contribution in [-0.4, -0.2) is 63.9 Å². The highest BCUT2D eigenvalue weighted by molar-refractivity contribution is 7.89. The third kappa shape index (κ3) is 6.83. The van der Waals surface area contributed by atoms with E-state index in [1.807, 2.05) is 54.6 Å². The molecule has 0 spiro atoms. The number of carbonyl (C=O) groups excluding carboxylic acids is 1. The Morgan fingerprint density at radius 1 is 1.03 bits per heavy atom. The monoisotopic (exact) mass is 554 g/mol. The fourth-order valence-electron chi connectivity index (χ4n) is 5.26. The molecule has 0 aliphatic carbocycles. The van der Waals surface area contributed by atoms with E-state index in [4.69, 9.17) is 16.3 Å². The van der Waals surface area contributed by atoms with Crippen LogP contribution >= 0.6 is 11.6 Å². The molecular formula is C30H35ClN2O4S. The van der Waals surface area contributed by atoms with Crippen molar-refractivity contribution < 1.29 is 17.9 Å². The topological polar surface area (TPSA) is 66.9 Å². The smallest absolute Gasteiger partial charge is 0.338 e. The van der Waals surface area contributed by atoms with Gasteiger partial charge in [-0.3, -0.25) is 0 Å². The lowest BCUT2D eigenvalue weighted by Crippen LogP contribution is -2.36. The molecule has 6 nitrogen and oxygen atoms in total. The third-order valence-corrected chi connectivity index (χ3v) is 9.51. The Morgan fingerprint density at radius 3 is 2.39 bits per heavy atom. The van der Waals surface area contributed by atoms with E-state index in [-0.39, 0.29) is 11.9 Å². The van der Waals surface area contributed by atoms with E-state index >= 15 is 0 Å². The van der Waals surface area contributed by atoms with Crippen molar-refractivity contribution in [2.75, 3.05) is 40.3 Å². The zero-order chi connectivity index (χ0) is 27.1. The van der Waals surface area contributed by atoms with Gasteiger partial charge in [0.25, 0.3) is 0 Å². The van der Waals surface area contributed by atoms with E-state index < -0.39 is 10.0 Å². The summed E-state index contributed by atoms with van der Waals surface area (Å²) in [5.74, 6) is 0.0179. The summed E-state index contributed by atoms with van der Waals surface area (Å²) in [5, 5.41) is 0.645. The van der Waals surface area contributed by atoms with Gasteiger partial charge in [-0.25, -0.2) is 17.5 Å². The van der Waals surface area contributed by atoms with Crippen LogP contribution in [-0.2, 0) is 14.8 Å². The molecule has 1 heterocycles. The average molecular weight is 555 g/mol. The van der Waals surface area contributed by atoms with E-state index in [9.17, 15) is 13.2 Å². The van der Waals surface area contributed by atoms with Gasteiger partial charge in [0, 0.05) is 18.6 Å². The number of rotatable bonds is 10. The first-order chi connectivity index (χ1) is 18.3. The maximum absolute atomic E-state index is 13.2. The van der Waals surface area contributed by atoms with Crippen molar-refractivity contribution in [3.8, 4) is 0 Å². The predicted octanol–water partition coefficient (Wildman–Crippen LogP) is 5.80.